The van der Waals surface area contributed by atoms with Crippen LogP contribution >= 0.6 is 0 Å². The molecule has 0 spiro atoms. The van der Waals surface area contributed by atoms with Crippen LogP contribution < -0.4 is 0 Å². The van der Waals surface area contributed by atoms with Gasteiger partial charge in [-0.3, -0.25) is 0 Å². The number of aromatic hydroxyl groups is 2. The van der Waals surface area contributed by atoms with E-state index in [1.54, 1.807) is 24.3 Å². The number of phenolic OH excluding ortho intramolecular Hbond substituents is 2. The molecule has 2 heteroatoms. The van der Waals surface area contributed by atoms with E-state index in [0.29, 0.717) is 0 Å². The highest BCUT2D eigenvalue weighted by molar-refractivity contribution is 5.88. The van der Waals surface area contributed by atoms with Gasteiger partial charge >= 0.3 is 0 Å². The van der Waals surface area contributed by atoms with Crippen molar-refractivity contribution in [2.45, 2.75) is 0 Å². The predicted molar refractivity (Wildman–Crippen MR) is 132 cm³/mol. The lowest BCUT2D eigenvalue weighted by Crippen LogP contribution is -1.88. The Hall–Kier alpha value is -4.30. The number of hydrogen-bond donors (Lipinski definition) is 2. The first kappa shape index (κ1) is 19.7. The van der Waals surface area contributed by atoms with Crippen molar-refractivity contribution in [2.75, 3.05) is 0 Å². The zero-order valence-electron chi connectivity index (χ0n) is 17.4. The van der Waals surface area contributed by atoms with Gasteiger partial charge in [0.25, 0.3) is 0 Å². The van der Waals surface area contributed by atoms with Crippen LogP contribution in [0.2, 0.25) is 0 Å². The molecule has 5 aromatic carbocycles. The molecule has 2 nitrogen and oxygen atoms in total. The molecule has 0 aliphatic carbocycles. The van der Waals surface area contributed by atoms with Gasteiger partial charge in [0.2, 0.25) is 0 Å². The fourth-order valence-electron chi connectivity index (χ4n) is 4.11. The number of benzene rings is 5. The van der Waals surface area contributed by atoms with E-state index >= 15 is 0 Å². The Morgan fingerprint density at radius 3 is 1.03 bits per heavy atom. The Labute approximate surface area is 187 Å². The van der Waals surface area contributed by atoms with Gasteiger partial charge in [-0.1, -0.05) is 91.0 Å². The largest absolute Gasteiger partial charge is 0.508 e. The molecule has 5 rings (SSSR count). The Bertz CT molecular complexity index is 1260. The predicted octanol–water partition coefficient (Wildman–Crippen LogP) is 7.77. The summed E-state index contributed by atoms with van der Waals surface area (Å²) in [6, 6.07) is 39.9. The van der Waals surface area contributed by atoms with E-state index < -0.39 is 0 Å². The maximum atomic E-state index is 9.67. The maximum absolute atomic E-state index is 9.67. The molecule has 0 aliphatic rings. The standard InChI is InChI=1S/C30H22O2/c31-25-16-12-21(13-17-25)27-8-1-3-10-29(27)23-6-5-7-24(20-23)30-11-4-2-9-28(30)22-14-18-26(32)19-15-22/h1-20,31-32H. The molecule has 0 radical (unpaired) electrons. The summed E-state index contributed by atoms with van der Waals surface area (Å²) < 4.78 is 0. The quantitative estimate of drug-likeness (QED) is 0.315. The highest BCUT2D eigenvalue weighted by Crippen LogP contribution is 2.37. The molecular formula is C30H22O2. The maximum Gasteiger partial charge on any atom is 0.115 e. The second kappa shape index (κ2) is 8.44. The van der Waals surface area contributed by atoms with Crippen molar-refractivity contribution in [1.29, 1.82) is 0 Å². The van der Waals surface area contributed by atoms with Crippen LogP contribution in [0, 0.1) is 0 Å². The van der Waals surface area contributed by atoms with Crippen molar-refractivity contribution >= 4 is 0 Å². The van der Waals surface area contributed by atoms with Crippen molar-refractivity contribution < 1.29 is 10.2 Å². The summed E-state index contributed by atoms with van der Waals surface area (Å²) >= 11 is 0. The minimum Gasteiger partial charge on any atom is -0.508 e. The summed E-state index contributed by atoms with van der Waals surface area (Å²) in [6.07, 6.45) is 0. The Balaban J connectivity index is 1.61. The van der Waals surface area contributed by atoms with Crippen molar-refractivity contribution in [3.05, 3.63) is 121 Å². The molecule has 0 aliphatic heterocycles. The highest BCUT2D eigenvalue weighted by atomic mass is 16.3. The lowest BCUT2D eigenvalue weighted by Gasteiger charge is -2.14. The lowest BCUT2D eigenvalue weighted by atomic mass is 9.90. The third-order valence-electron chi connectivity index (χ3n) is 5.70. The third kappa shape index (κ3) is 3.86. The van der Waals surface area contributed by atoms with E-state index in [0.717, 1.165) is 44.5 Å². The number of rotatable bonds is 4. The molecule has 32 heavy (non-hydrogen) atoms. The first-order chi connectivity index (χ1) is 15.7. The summed E-state index contributed by atoms with van der Waals surface area (Å²) in [5.41, 5.74) is 8.91. The molecular weight excluding hydrogens is 392 g/mol. The van der Waals surface area contributed by atoms with Gasteiger partial charge in [-0.25, -0.2) is 0 Å². The molecule has 154 valence electrons. The van der Waals surface area contributed by atoms with E-state index in [-0.39, 0.29) is 11.5 Å². The fraction of sp³-hybridized carbons (Fsp3) is 0. The summed E-state index contributed by atoms with van der Waals surface area (Å²) in [4.78, 5) is 0. The fourth-order valence-corrected chi connectivity index (χ4v) is 4.11. The molecule has 0 fully saturated rings. The van der Waals surface area contributed by atoms with E-state index in [2.05, 4.69) is 60.7 Å². The molecule has 0 saturated carbocycles. The Morgan fingerprint density at radius 2 is 0.656 bits per heavy atom. The molecule has 0 atom stereocenters. The molecule has 2 N–H and O–H groups in total. The second-order valence-electron chi connectivity index (χ2n) is 7.77. The summed E-state index contributed by atoms with van der Waals surface area (Å²) in [6.45, 7) is 0. The van der Waals surface area contributed by atoms with Gasteiger partial charge in [-0.15, -0.1) is 0 Å². The van der Waals surface area contributed by atoms with Gasteiger partial charge < -0.3 is 10.2 Å². The molecule has 0 bridgehead atoms. The van der Waals surface area contributed by atoms with Crippen LogP contribution in [0.25, 0.3) is 44.5 Å². The molecule has 0 saturated heterocycles. The van der Waals surface area contributed by atoms with E-state index in [1.165, 1.54) is 0 Å². The molecule has 5 aromatic rings. The van der Waals surface area contributed by atoms with E-state index in [9.17, 15) is 10.2 Å². The molecule has 0 amide bonds. The normalized spacial score (nSPS) is 10.8. The van der Waals surface area contributed by atoms with Crippen LogP contribution in [0.4, 0.5) is 0 Å². The Morgan fingerprint density at radius 1 is 0.312 bits per heavy atom. The van der Waals surface area contributed by atoms with Crippen molar-refractivity contribution in [1.82, 2.24) is 0 Å². The van der Waals surface area contributed by atoms with Crippen LogP contribution in [0.15, 0.2) is 121 Å². The average Bonchev–Trinajstić information content (AvgIpc) is 2.85. The van der Waals surface area contributed by atoms with Gasteiger partial charge in [0.15, 0.2) is 0 Å². The first-order valence-electron chi connectivity index (χ1n) is 10.6. The van der Waals surface area contributed by atoms with Crippen LogP contribution in [0.3, 0.4) is 0 Å². The summed E-state index contributed by atoms with van der Waals surface area (Å²) in [5, 5.41) is 19.3. The monoisotopic (exact) mass is 414 g/mol. The number of hydrogen-bond acceptors (Lipinski definition) is 2. The van der Waals surface area contributed by atoms with E-state index in [1.807, 2.05) is 36.4 Å². The number of phenols is 2. The smallest absolute Gasteiger partial charge is 0.115 e. The van der Waals surface area contributed by atoms with Gasteiger partial charge in [-0.05, 0) is 74.8 Å². The average molecular weight is 415 g/mol. The first-order valence-corrected chi connectivity index (χ1v) is 10.6. The highest BCUT2D eigenvalue weighted by Gasteiger charge is 2.11. The summed E-state index contributed by atoms with van der Waals surface area (Å²) in [5.74, 6) is 0.526. The zero-order chi connectivity index (χ0) is 21.9. The van der Waals surface area contributed by atoms with Gasteiger partial charge in [0, 0.05) is 0 Å². The summed E-state index contributed by atoms with van der Waals surface area (Å²) in [7, 11) is 0. The molecule has 0 heterocycles. The van der Waals surface area contributed by atoms with Crippen molar-refractivity contribution in [3.63, 3.8) is 0 Å². The van der Waals surface area contributed by atoms with Crippen LogP contribution in [-0.4, -0.2) is 10.2 Å². The molecule has 0 aromatic heterocycles. The Kier molecular flexibility index (Phi) is 5.19. The minimum atomic E-state index is 0.263. The molecule has 0 unspecified atom stereocenters. The van der Waals surface area contributed by atoms with Crippen molar-refractivity contribution in [2.24, 2.45) is 0 Å². The van der Waals surface area contributed by atoms with Crippen LogP contribution in [0.1, 0.15) is 0 Å². The van der Waals surface area contributed by atoms with Crippen LogP contribution in [0.5, 0.6) is 11.5 Å². The van der Waals surface area contributed by atoms with Crippen LogP contribution in [-0.2, 0) is 0 Å². The lowest BCUT2D eigenvalue weighted by molar-refractivity contribution is 0.475. The van der Waals surface area contributed by atoms with E-state index in [4.69, 9.17) is 0 Å². The van der Waals surface area contributed by atoms with Gasteiger partial charge in [-0.2, -0.15) is 0 Å². The van der Waals surface area contributed by atoms with Crippen molar-refractivity contribution in [3.8, 4) is 56.0 Å². The zero-order valence-corrected chi connectivity index (χ0v) is 17.4. The second-order valence-corrected chi connectivity index (χ2v) is 7.77. The third-order valence-corrected chi connectivity index (χ3v) is 5.70. The minimum absolute atomic E-state index is 0.263. The SMILES string of the molecule is Oc1ccc(-c2ccccc2-c2cccc(-c3ccccc3-c3ccc(O)cc3)c2)cc1. The topological polar surface area (TPSA) is 40.5 Å². The van der Waals surface area contributed by atoms with Gasteiger partial charge in [0.1, 0.15) is 11.5 Å². The van der Waals surface area contributed by atoms with Gasteiger partial charge in [0.05, 0.1) is 0 Å².